The number of aliphatic imine (C=N–C) groups is 1. The van der Waals surface area contributed by atoms with Gasteiger partial charge in [0.2, 0.25) is 5.13 Å². The molecule has 3 rings (SSSR count). The van der Waals surface area contributed by atoms with E-state index in [2.05, 4.69) is 29.0 Å². The van der Waals surface area contributed by atoms with Gasteiger partial charge in [0.25, 0.3) is 0 Å². The van der Waals surface area contributed by atoms with E-state index in [4.69, 9.17) is 0 Å². The number of para-hydroxylation sites is 1. The summed E-state index contributed by atoms with van der Waals surface area (Å²) in [6, 6.07) is 13.1. The molecule has 0 spiro atoms. The van der Waals surface area contributed by atoms with Gasteiger partial charge in [0.15, 0.2) is 0 Å². The number of aromatic nitrogens is 1. The Hall–Kier alpha value is -2.20. The predicted molar refractivity (Wildman–Crippen MR) is 79.7 cm³/mol. The highest BCUT2D eigenvalue weighted by atomic mass is 32.1. The third-order valence-corrected chi connectivity index (χ3v) is 3.76. The molecular weight excluding hydrogens is 256 g/mol. The van der Waals surface area contributed by atoms with Crippen LogP contribution in [0.2, 0.25) is 0 Å². The minimum atomic E-state index is 0.257. The van der Waals surface area contributed by atoms with Crippen molar-refractivity contribution < 1.29 is 5.11 Å². The highest BCUT2D eigenvalue weighted by molar-refractivity contribution is 7.22. The van der Waals surface area contributed by atoms with Gasteiger partial charge in [0.05, 0.1) is 10.2 Å². The van der Waals surface area contributed by atoms with Gasteiger partial charge in [0.1, 0.15) is 5.75 Å². The van der Waals surface area contributed by atoms with Gasteiger partial charge in [-0.1, -0.05) is 23.5 Å². The first-order valence-electron chi connectivity index (χ1n) is 5.91. The van der Waals surface area contributed by atoms with Crippen molar-refractivity contribution in [2.75, 3.05) is 0 Å². The first-order chi connectivity index (χ1) is 9.22. The third-order valence-electron chi connectivity index (χ3n) is 2.83. The van der Waals surface area contributed by atoms with Gasteiger partial charge < -0.3 is 5.11 Å². The number of aryl methyl sites for hydroxylation is 1. The van der Waals surface area contributed by atoms with Crippen LogP contribution in [0.5, 0.6) is 5.75 Å². The van der Waals surface area contributed by atoms with Crippen LogP contribution in [-0.4, -0.2) is 16.3 Å². The van der Waals surface area contributed by atoms with Gasteiger partial charge in [0, 0.05) is 6.21 Å². The minimum absolute atomic E-state index is 0.257. The van der Waals surface area contributed by atoms with Crippen molar-refractivity contribution in [3.63, 3.8) is 0 Å². The van der Waals surface area contributed by atoms with E-state index in [1.807, 2.05) is 18.2 Å². The number of hydrogen-bond donors (Lipinski definition) is 1. The van der Waals surface area contributed by atoms with E-state index in [-0.39, 0.29) is 5.75 Å². The number of phenolic OH excluding ortho intramolecular Hbond substituents is 1. The van der Waals surface area contributed by atoms with E-state index in [9.17, 15) is 5.11 Å². The van der Waals surface area contributed by atoms with Crippen LogP contribution in [0.1, 0.15) is 11.1 Å². The summed E-state index contributed by atoms with van der Waals surface area (Å²) in [4.78, 5) is 8.90. The van der Waals surface area contributed by atoms with Gasteiger partial charge in [-0.3, -0.25) is 0 Å². The molecule has 0 aliphatic rings. The van der Waals surface area contributed by atoms with E-state index in [0.29, 0.717) is 0 Å². The standard InChI is InChI=1S/C15H12N2OS/c1-10-3-2-4-13-14(10)17-15(19-13)16-9-11-5-7-12(18)8-6-11/h2-9,18H,1H3/b16-9+. The number of hydrogen-bond acceptors (Lipinski definition) is 4. The predicted octanol–water partition coefficient (Wildman–Crippen LogP) is 4.06. The van der Waals surface area contributed by atoms with Crippen LogP contribution < -0.4 is 0 Å². The maximum Gasteiger partial charge on any atom is 0.210 e. The highest BCUT2D eigenvalue weighted by Crippen LogP contribution is 2.29. The fraction of sp³-hybridized carbons (Fsp3) is 0.0667. The van der Waals surface area contributed by atoms with Crippen molar-refractivity contribution in [2.24, 2.45) is 4.99 Å². The number of phenols is 1. The van der Waals surface area contributed by atoms with E-state index >= 15 is 0 Å². The summed E-state index contributed by atoms with van der Waals surface area (Å²) >= 11 is 1.58. The van der Waals surface area contributed by atoms with Gasteiger partial charge in [-0.15, -0.1) is 0 Å². The molecule has 3 aromatic rings. The second kappa shape index (κ2) is 4.82. The highest BCUT2D eigenvalue weighted by Gasteiger charge is 2.03. The Balaban J connectivity index is 1.93. The van der Waals surface area contributed by atoms with Crippen molar-refractivity contribution in [3.8, 4) is 5.75 Å². The molecule has 1 N–H and O–H groups in total. The Morgan fingerprint density at radius 3 is 2.68 bits per heavy atom. The first kappa shape index (κ1) is 11.9. The van der Waals surface area contributed by atoms with Crippen LogP contribution in [0.4, 0.5) is 5.13 Å². The topological polar surface area (TPSA) is 45.5 Å². The van der Waals surface area contributed by atoms with E-state index in [1.165, 1.54) is 5.56 Å². The van der Waals surface area contributed by atoms with Gasteiger partial charge in [-0.2, -0.15) is 0 Å². The summed E-state index contributed by atoms with van der Waals surface area (Å²) in [6.07, 6.45) is 1.76. The molecule has 0 unspecified atom stereocenters. The smallest absolute Gasteiger partial charge is 0.210 e. The summed E-state index contributed by atoms with van der Waals surface area (Å²) < 4.78 is 1.15. The second-order valence-corrected chi connectivity index (χ2v) is 5.28. The number of benzene rings is 2. The lowest BCUT2D eigenvalue weighted by atomic mass is 10.2. The first-order valence-corrected chi connectivity index (χ1v) is 6.73. The Morgan fingerprint density at radius 2 is 1.95 bits per heavy atom. The van der Waals surface area contributed by atoms with Crippen LogP contribution in [0.3, 0.4) is 0 Å². The Labute approximate surface area is 114 Å². The normalized spacial score (nSPS) is 11.4. The Kier molecular flexibility index (Phi) is 3.01. The molecular formula is C15H12N2OS. The number of fused-ring (bicyclic) bond motifs is 1. The molecule has 0 radical (unpaired) electrons. The molecule has 94 valence electrons. The zero-order chi connectivity index (χ0) is 13.2. The Morgan fingerprint density at radius 1 is 1.16 bits per heavy atom. The Bertz CT molecular complexity index is 744. The third kappa shape index (κ3) is 2.48. The molecule has 4 heteroatoms. The number of nitrogens with zero attached hydrogens (tertiary/aromatic N) is 2. The zero-order valence-corrected chi connectivity index (χ0v) is 11.2. The maximum atomic E-state index is 9.21. The fourth-order valence-electron chi connectivity index (χ4n) is 1.82. The number of aromatic hydroxyl groups is 1. The van der Waals surface area contributed by atoms with Crippen LogP contribution in [0, 0.1) is 6.92 Å². The van der Waals surface area contributed by atoms with Crippen LogP contribution in [0.25, 0.3) is 10.2 Å². The molecule has 0 amide bonds. The van der Waals surface area contributed by atoms with Crippen molar-refractivity contribution in [2.45, 2.75) is 6.92 Å². The molecule has 19 heavy (non-hydrogen) atoms. The molecule has 0 saturated heterocycles. The number of rotatable bonds is 2. The summed E-state index contributed by atoms with van der Waals surface area (Å²) in [5, 5.41) is 9.96. The van der Waals surface area contributed by atoms with E-state index in [0.717, 1.165) is 20.9 Å². The molecule has 1 aromatic heterocycles. The van der Waals surface area contributed by atoms with E-state index < -0.39 is 0 Å². The zero-order valence-electron chi connectivity index (χ0n) is 10.4. The maximum absolute atomic E-state index is 9.21. The monoisotopic (exact) mass is 268 g/mol. The van der Waals surface area contributed by atoms with Crippen molar-refractivity contribution in [3.05, 3.63) is 53.6 Å². The van der Waals surface area contributed by atoms with Gasteiger partial charge in [-0.25, -0.2) is 9.98 Å². The molecule has 0 bridgehead atoms. The van der Waals surface area contributed by atoms with Crippen LogP contribution in [0.15, 0.2) is 47.5 Å². The molecule has 0 saturated carbocycles. The largest absolute Gasteiger partial charge is 0.508 e. The summed E-state index contributed by atoms with van der Waals surface area (Å²) in [5.74, 6) is 0.257. The lowest BCUT2D eigenvalue weighted by Gasteiger charge is -1.92. The quantitative estimate of drug-likeness (QED) is 0.712. The fourth-order valence-corrected chi connectivity index (χ4v) is 2.71. The molecule has 0 atom stereocenters. The summed E-state index contributed by atoms with van der Waals surface area (Å²) in [7, 11) is 0. The molecule has 0 fully saturated rings. The molecule has 1 heterocycles. The lowest BCUT2D eigenvalue weighted by Crippen LogP contribution is -1.78. The van der Waals surface area contributed by atoms with Crippen molar-refractivity contribution >= 4 is 32.9 Å². The van der Waals surface area contributed by atoms with Crippen molar-refractivity contribution in [1.82, 2.24) is 4.98 Å². The average molecular weight is 268 g/mol. The average Bonchev–Trinajstić information content (AvgIpc) is 2.83. The second-order valence-electron chi connectivity index (χ2n) is 4.27. The van der Waals surface area contributed by atoms with E-state index in [1.54, 1.807) is 29.7 Å². The summed E-state index contributed by atoms with van der Waals surface area (Å²) in [5.41, 5.74) is 3.12. The minimum Gasteiger partial charge on any atom is -0.508 e. The van der Waals surface area contributed by atoms with Gasteiger partial charge >= 0.3 is 0 Å². The lowest BCUT2D eigenvalue weighted by molar-refractivity contribution is 0.475. The van der Waals surface area contributed by atoms with Crippen molar-refractivity contribution in [1.29, 1.82) is 0 Å². The summed E-state index contributed by atoms with van der Waals surface area (Å²) in [6.45, 7) is 2.05. The molecule has 0 aliphatic heterocycles. The number of thiazole rings is 1. The molecule has 2 aromatic carbocycles. The van der Waals surface area contributed by atoms with Gasteiger partial charge in [-0.05, 0) is 48.4 Å². The van der Waals surface area contributed by atoms with Crippen LogP contribution >= 0.6 is 11.3 Å². The molecule has 0 aliphatic carbocycles. The molecule has 3 nitrogen and oxygen atoms in total. The van der Waals surface area contributed by atoms with Crippen LogP contribution in [-0.2, 0) is 0 Å². The SMILES string of the molecule is Cc1cccc2sc(/N=C/c3ccc(O)cc3)nc12.